The molecule has 9 heteroatoms. The Morgan fingerprint density at radius 1 is 0.389 bits per heavy atom. The van der Waals surface area contributed by atoms with E-state index < -0.39 is 42.1 Å². The van der Waals surface area contributed by atoms with Gasteiger partial charge in [-0.15, -0.1) is 0 Å². The fourth-order valence-electron chi connectivity index (χ4n) is 14.3. The fraction of sp³-hybridized carbons (Fsp3) is 0.469. The molecule has 2 heterocycles. The van der Waals surface area contributed by atoms with Gasteiger partial charge in [0.05, 0.1) is 27.8 Å². The zero-order valence-electron chi connectivity index (χ0n) is 57.2. The Bertz CT molecular complexity index is 3510. The first kappa shape index (κ1) is 68.0. The third-order valence-corrected chi connectivity index (χ3v) is 22.3. The van der Waals surface area contributed by atoms with E-state index in [0.717, 1.165) is 32.7 Å². The number of benzene rings is 7. The van der Waals surface area contributed by atoms with Crippen LogP contribution in [0.4, 0.5) is 0 Å². The van der Waals surface area contributed by atoms with Gasteiger partial charge in [-0.3, -0.25) is 4.79 Å². The van der Waals surface area contributed by atoms with Gasteiger partial charge >= 0.3 is 14.2 Å². The van der Waals surface area contributed by atoms with Gasteiger partial charge in [0.2, 0.25) is 0 Å². The van der Waals surface area contributed by atoms with Gasteiger partial charge in [-0.25, -0.2) is 0 Å². The first-order chi connectivity index (χ1) is 42.5. The van der Waals surface area contributed by atoms with E-state index in [1.165, 1.54) is 144 Å². The summed E-state index contributed by atoms with van der Waals surface area (Å²) in [6.07, 6.45) is 17.5. The number of carbonyl (C=O) groups is 1. The van der Waals surface area contributed by atoms with Crippen molar-refractivity contribution in [3.05, 3.63) is 210 Å². The van der Waals surface area contributed by atoms with Crippen molar-refractivity contribution in [2.24, 2.45) is 0 Å². The Labute approximate surface area is 559 Å². The molecular formula is C81H100B2Br2O5. The van der Waals surface area contributed by atoms with Gasteiger partial charge in [0.15, 0.2) is 5.78 Å². The number of rotatable bonds is 20. The zero-order chi connectivity index (χ0) is 64.8. The van der Waals surface area contributed by atoms with E-state index >= 15 is 0 Å². The molecule has 0 saturated carbocycles. The maximum absolute atomic E-state index is 12.0. The smallest absolute Gasteiger partial charge is 0.399 e. The van der Waals surface area contributed by atoms with Gasteiger partial charge in [-0.05, 0) is 217 Å². The number of ketones is 1. The third-order valence-electron chi connectivity index (χ3n) is 21.2. The van der Waals surface area contributed by atoms with Crippen LogP contribution in [0.15, 0.2) is 155 Å². The molecule has 0 unspecified atom stereocenters. The van der Waals surface area contributed by atoms with Gasteiger partial charge in [-0.1, -0.05) is 249 Å². The highest BCUT2D eigenvalue weighted by Gasteiger charge is 2.56. The summed E-state index contributed by atoms with van der Waals surface area (Å²) in [4.78, 5) is 12.0. The standard InChI is InChI=1S/C68H92B2O4.C13H8Br2O/c1-17-19-21-23-25-27-41-67(42-28-26-24-22-20-18-2)57-43-51(69-71-63(9,10)64(11,12)72-69)37-39-53(57)55-46-60-56(45-58(55)67)54-40-38-52(70-73-65(13,14)66(15,16)74-70)44-59(54)68(60,49-33-29-47(30-34-49)61(3,4)5)50-35-31-48(32-36-50)62(6,7)8;14-11-5-1-9(2-6-11)13(16)10-3-7-12(15)8-4-10/h29-40,43-46H,17-28,41-42H2,1-16H3;1-8H. The van der Waals surface area contributed by atoms with Crippen LogP contribution in [0.2, 0.25) is 0 Å². The number of carbonyl (C=O) groups excluding carboxylic acids is 1. The number of hydrogen-bond acceptors (Lipinski definition) is 5. The monoisotopic (exact) mass is 1330 g/mol. The first-order valence-corrected chi connectivity index (χ1v) is 35.5. The zero-order valence-corrected chi connectivity index (χ0v) is 60.4. The molecule has 0 bridgehead atoms. The van der Waals surface area contributed by atoms with Crippen LogP contribution in [-0.2, 0) is 40.3 Å². The summed E-state index contributed by atoms with van der Waals surface area (Å²) in [7, 11) is -0.916. The summed E-state index contributed by atoms with van der Waals surface area (Å²) >= 11 is 6.69. The Morgan fingerprint density at radius 3 is 1.10 bits per heavy atom. The molecule has 0 N–H and O–H groups in total. The molecule has 2 saturated heterocycles. The van der Waals surface area contributed by atoms with Gasteiger partial charge in [-0.2, -0.15) is 0 Å². The Balaban J connectivity index is 0.000000482. The van der Waals surface area contributed by atoms with Gasteiger partial charge in [0.1, 0.15) is 0 Å². The molecule has 7 aromatic carbocycles. The molecular weight excluding hydrogens is 1230 g/mol. The van der Waals surface area contributed by atoms with Crippen LogP contribution in [0.5, 0.6) is 0 Å². The summed E-state index contributed by atoms with van der Waals surface area (Å²) in [5.41, 5.74) is 17.2. The topological polar surface area (TPSA) is 54.0 Å². The lowest BCUT2D eigenvalue weighted by Crippen LogP contribution is -2.41. The van der Waals surface area contributed by atoms with Gasteiger partial charge < -0.3 is 18.6 Å². The molecule has 7 aromatic rings. The summed E-state index contributed by atoms with van der Waals surface area (Å²) in [5, 5.41) is 0. The summed E-state index contributed by atoms with van der Waals surface area (Å²) in [6.45, 7) is 35.9. The maximum Gasteiger partial charge on any atom is 0.494 e. The SMILES string of the molecule is CCCCCCCCC1(CCCCCCCC)c2cc(B3OC(C)(C)C(C)(C)O3)ccc2-c2cc3c(cc21)-c1ccc(B2OC(C)(C)C(C)(C)O2)cc1C3(c1ccc(C(C)(C)C)cc1)c1ccc(C(C)(C)C)cc1.O=C(c1ccc(Br)cc1)c1ccc(Br)cc1. The van der Waals surface area contributed by atoms with Crippen LogP contribution in [0, 0.1) is 0 Å². The minimum atomic E-state index is -0.640. The second-order valence-electron chi connectivity index (χ2n) is 30.6. The van der Waals surface area contributed by atoms with Crippen LogP contribution in [-0.4, -0.2) is 42.4 Å². The molecule has 4 aliphatic rings. The van der Waals surface area contributed by atoms with Gasteiger partial charge in [0.25, 0.3) is 0 Å². The molecule has 5 nitrogen and oxygen atoms in total. The average Bonchev–Trinajstić information content (AvgIpc) is 1.51. The maximum atomic E-state index is 12.0. The van der Waals surface area contributed by atoms with E-state index in [-0.39, 0.29) is 22.0 Å². The average molecular weight is 1340 g/mol. The summed E-state index contributed by atoms with van der Waals surface area (Å²) in [6, 6.07) is 53.9. The number of fused-ring (bicyclic) bond motifs is 6. The lowest BCUT2D eigenvalue weighted by molar-refractivity contribution is 0.00578. The van der Waals surface area contributed by atoms with Crippen molar-refractivity contribution < 1.29 is 23.4 Å². The molecule has 2 aliphatic carbocycles. The van der Waals surface area contributed by atoms with Crippen LogP contribution < -0.4 is 10.9 Å². The van der Waals surface area contributed by atoms with E-state index in [1.54, 1.807) is 0 Å². The molecule has 0 spiro atoms. The van der Waals surface area contributed by atoms with E-state index in [4.69, 9.17) is 18.6 Å². The molecule has 0 amide bonds. The Morgan fingerprint density at radius 2 is 0.711 bits per heavy atom. The Kier molecular flexibility index (Phi) is 20.0. The highest BCUT2D eigenvalue weighted by atomic mass is 79.9. The van der Waals surface area contributed by atoms with Crippen molar-refractivity contribution in [2.45, 2.75) is 245 Å². The molecule has 474 valence electrons. The van der Waals surface area contributed by atoms with Crippen LogP contribution >= 0.6 is 31.9 Å². The quantitative estimate of drug-likeness (QED) is 0.0432. The number of halogens is 2. The fourth-order valence-corrected chi connectivity index (χ4v) is 14.8. The molecule has 0 radical (unpaired) electrons. The van der Waals surface area contributed by atoms with Crippen molar-refractivity contribution in [3.63, 3.8) is 0 Å². The van der Waals surface area contributed by atoms with Crippen LogP contribution in [0.1, 0.15) is 261 Å². The number of unbranched alkanes of at least 4 members (excludes halogenated alkanes) is 10. The normalized spacial score (nSPS) is 17.8. The van der Waals surface area contributed by atoms with Crippen molar-refractivity contribution in [3.8, 4) is 22.3 Å². The highest BCUT2D eigenvalue weighted by Crippen LogP contribution is 2.62. The number of hydrogen-bond donors (Lipinski definition) is 0. The van der Waals surface area contributed by atoms with Crippen LogP contribution in [0.3, 0.4) is 0 Å². The minimum absolute atomic E-state index is 0.00820. The second kappa shape index (κ2) is 26.5. The molecule has 2 aliphatic heterocycles. The van der Waals surface area contributed by atoms with E-state index in [9.17, 15) is 4.79 Å². The van der Waals surface area contributed by atoms with E-state index in [2.05, 4.69) is 240 Å². The molecule has 0 atom stereocenters. The van der Waals surface area contributed by atoms with Gasteiger partial charge in [0, 0.05) is 25.5 Å². The molecule has 11 rings (SSSR count). The predicted octanol–water partition coefficient (Wildman–Crippen LogP) is 21.5. The lowest BCUT2D eigenvalue weighted by atomic mass is 9.65. The van der Waals surface area contributed by atoms with Crippen LogP contribution in [0.25, 0.3) is 22.3 Å². The molecule has 2 fully saturated rings. The van der Waals surface area contributed by atoms with Crippen molar-refractivity contribution in [1.82, 2.24) is 0 Å². The molecule has 0 aromatic heterocycles. The van der Waals surface area contributed by atoms with E-state index in [1.807, 2.05) is 48.5 Å². The van der Waals surface area contributed by atoms with Crippen molar-refractivity contribution >= 4 is 62.8 Å². The first-order valence-electron chi connectivity index (χ1n) is 34.0. The van der Waals surface area contributed by atoms with E-state index in [0.29, 0.717) is 11.1 Å². The third kappa shape index (κ3) is 13.3. The Hall–Kier alpha value is -4.86. The van der Waals surface area contributed by atoms with Crippen molar-refractivity contribution in [1.29, 1.82) is 0 Å². The summed E-state index contributed by atoms with van der Waals surface area (Å²) < 4.78 is 29.4. The minimum Gasteiger partial charge on any atom is -0.399 e. The highest BCUT2D eigenvalue weighted by molar-refractivity contribution is 9.10. The lowest BCUT2D eigenvalue weighted by Gasteiger charge is -2.36. The molecule has 90 heavy (non-hydrogen) atoms. The second-order valence-corrected chi connectivity index (χ2v) is 32.4. The summed E-state index contributed by atoms with van der Waals surface area (Å²) in [5.74, 6) is 0.0417. The van der Waals surface area contributed by atoms with Crippen molar-refractivity contribution in [2.75, 3.05) is 0 Å². The predicted molar refractivity (Wildman–Crippen MR) is 386 cm³/mol. The largest absolute Gasteiger partial charge is 0.494 e.